The van der Waals surface area contributed by atoms with Gasteiger partial charge < -0.3 is 14.1 Å². The number of amides is 1. The van der Waals surface area contributed by atoms with E-state index in [9.17, 15) is 4.79 Å². The average Bonchev–Trinajstić information content (AvgIpc) is 3.31. The minimum absolute atomic E-state index is 0.155. The molecule has 2 atom stereocenters. The number of carbonyl (C=O) groups is 1. The molecule has 152 valence electrons. The highest BCUT2D eigenvalue weighted by molar-refractivity contribution is 5.73. The fraction of sp³-hybridized carbons (Fsp3) is 0.522. The molecule has 5 nitrogen and oxygen atoms in total. The summed E-state index contributed by atoms with van der Waals surface area (Å²) >= 11 is 0. The van der Waals surface area contributed by atoms with E-state index in [0.717, 1.165) is 44.2 Å². The van der Waals surface area contributed by atoms with Crippen LogP contribution in [0.1, 0.15) is 38.0 Å². The zero-order valence-electron chi connectivity index (χ0n) is 17.4. The molecule has 0 N–H and O–H groups in total. The van der Waals surface area contributed by atoms with Gasteiger partial charge in [-0.05, 0) is 41.7 Å². The summed E-state index contributed by atoms with van der Waals surface area (Å²) in [6.07, 6.45) is 1.72. The third kappa shape index (κ3) is 5.16. The van der Waals surface area contributed by atoms with Gasteiger partial charge in [-0.1, -0.05) is 26.0 Å². The first-order valence-electron chi connectivity index (χ1n) is 10.1. The van der Waals surface area contributed by atoms with Crippen molar-refractivity contribution in [3.63, 3.8) is 0 Å². The smallest absolute Gasteiger partial charge is 0.219 e. The molecule has 3 rings (SSSR count). The first-order chi connectivity index (χ1) is 13.5. The van der Waals surface area contributed by atoms with E-state index in [4.69, 9.17) is 9.15 Å². The lowest BCUT2D eigenvalue weighted by molar-refractivity contribution is -0.130. The second kappa shape index (κ2) is 9.28. The average molecular weight is 385 g/mol. The fourth-order valence-electron chi connectivity index (χ4n) is 4.20. The van der Waals surface area contributed by atoms with E-state index in [1.807, 2.05) is 23.1 Å². The van der Waals surface area contributed by atoms with Gasteiger partial charge in [0, 0.05) is 39.0 Å². The van der Waals surface area contributed by atoms with Crippen LogP contribution in [0.15, 0.2) is 47.1 Å². The minimum atomic E-state index is 0.155. The lowest BCUT2D eigenvalue weighted by Crippen LogP contribution is -2.38. The van der Waals surface area contributed by atoms with E-state index < -0.39 is 0 Å². The second-order valence-corrected chi connectivity index (χ2v) is 8.23. The summed E-state index contributed by atoms with van der Waals surface area (Å²) in [5, 5.41) is 0. The number of rotatable bonds is 8. The Balaban J connectivity index is 1.80. The van der Waals surface area contributed by atoms with Crippen LogP contribution in [0.5, 0.6) is 5.75 Å². The summed E-state index contributed by atoms with van der Waals surface area (Å²) in [5.41, 5.74) is 1.28. The molecule has 5 heteroatoms. The Kier molecular flexibility index (Phi) is 6.79. The number of benzene rings is 1. The Bertz CT molecular complexity index is 757. The predicted molar refractivity (Wildman–Crippen MR) is 110 cm³/mol. The number of methoxy groups -OCH3 is 1. The zero-order chi connectivity index (χ0) is 20.1. The molecule has 1 aromatic carbocycles. The van der Waals surface area contributed by atoms with Crippen LogP contribution in [-0.2, 0) is 11.3 Å². The molecule has 1 aromatic heterocycles. The monoisotopic (exact) mass is 384 g/mol. The Morgan fingerprint density at radius 1 is 1.29 bits per heavy atom. The summed E-state index contributed by atoms with van der Waals surface area (Å²) in [5.74, 6) is 3.22. The van der Waals surface area contributed by atoms with E-state index in [0.29, 0.717) is 17.8 Å². The molecule has 2 unspecified atom stereocenters. The van der Waals surface area contributed by atoms with E-state index in [-0.39, 0.29) is 5.91 Å². The van der Waals surface area contributed by atoms with Gasteiger partial charge >= 0.3 is 0 Å². The molecule has 0 spiro atoms. The molecule has 2 heterocycles. The Labute approximate surface area is 168 Å². The van der Waals surface area contributed by atoms with Crippen LogP contribution in [0.25, 0.3) is 0 Å². The van der Waals surface area contributed by atoms with E-state index >= 15 is 0 Å². The summed E-state index contributed by atoms with van der Waals surface area (Å²) in [6, 6.07) is 12.3. The Morgan fingerprint density at radius 3 is 2.75 bits per heavy atom. The summed E-state index contributed by atoms with van der Waals surface area (Å²) in [6.45, 7) is 10.3. The van der Waals surface area contributed by atoms with Crippen molar-refractivity contribution in [3.05, 3.63) is 54.0 Å². The molecule has 2 aromatic rings. The largest absolute Gasteiger partial charge is 0.497 e. The van der Waals surface area contributed by atoms with Crippen molar-refractivity contribution in [2.45, 2.75) is 33.2 Å². The predicted octanol–water partition coefficient (Wildman–Crippen LogP) is 4.01. The van der Waals surface area contributed by atoms with Gasteiger partial charge in [0.05, 0.1) is 19.9 Å². The minimum Gasteiger partial charge on any atom is -0.497 e. The maximum atomic E-state index is 12.2. The van der Waals surface area contributed by atoms with Crippen LogP contribution in [0, 0.1) is 11.8 Å². The fourth-order valence-corrected chi connectivity index (χ4v) is 4.20. The number of ether oxygens (including phenoxy) is 1. The molecule has 0 saturated carbocycles. The first-order valence-corrected chi connectivity index (χ1v) is 10.1. The van der Waals surface area contributed by atoms with Gasteiger partial charge in [-0.25, -0.2) is 0 Å². The van der Waals surface area contributed by atoms with Gasteiger partial charge in [-0.15, -0.1) is 0 Å². The molecular formula is C23H32N2O3. The van der Waals surface area contributed by atoms with Crippen LogP contribution in [0.4, 0.5) is 0 Å². The number of hydrogen-bond acceptors (Lipinski definition) is 4. The van der Waals surface area contributed by atoms with Gasteiger partial charge in [-0.2, -0.15) is 0 Å². The van der Waals surface area contributed by atoms with Gasteiger partial charge in [0.25, 0.3) is 0 Å². The van der Waals surface area contributed by atoms with Crippen molar-refractivity contribution in [3.8, 4) is 5.75 Å². The van der Waals surface area contributed by atoms with E-state index in [2.05, 4.69) is 36.9 Å². The Hall–Kier alpha value is -2.27. The normalized spacial score (nSPS) is 19.9. The number of carbonyl (C=O) groups excluding carboxylic acids is 1. The van der Waals surface area contributed by atoms with E-state index in [1.165, 1.54) is 5.56 Å². The van der Waals surface area contributed by atoms with Crippen LogP contribution < -0.4 is 4.74 Å². The van der Waals surface area contributed by atoms with Crippen molar-refractivity contribution in [2.75, 3.05) is 33.3 Å². The maximum Gasteiger partial charge on any atom is 0.219 e. The molecule has 28 heavy (non-hydrogen) atoms. The highest BCUT2D eigenvalue weighted by Gasteiger charge is 2.35. The number of likely N-dealkylation sites (tertiary alicyclic amines) is 1. The van der Waals surface area contributed by atoms with Crippen LogP contribution in [0.2, 0.25) is 0 Å². The molecule has 1 amide bonds. The molecule has 1 saturated heterocycles. The molecule has 0 bridgehead atoms. The maximum absolute atomic E-state index is 12.2. The summed E-state index contributed by atoms with van der Waals surface area (Å²) < 4.78 is 11.0. The van der Waals surface area contributed by atoms with Crippen molar-refractivity contribution in [1.82, 2.24) is 9.80 Å². The number of furan rings is 1. The third-order valence-electron chi connectivity index (χ3n) is 5.48. The molecule has 1 aliphatic heterocycles. The van der Waals surface area contributed by atoms with Crippen LogP contribution in [-0.4, -0.2) is 49.0 Å². The van der Waals surface area contributed by atoms with Crippen LogP contribution in [0.3, 0.4) is 0 Å². The molecule has 0 aliphatic carbocycles. The quantitative estimate of drug-likeness (QED) is 0.690. The van der Waals surface area contributed by atoms with Gasteiger partial charge in [0.15, 0.2) is 0 Å². The molecule has 1 fully saturated rings. The highest BCUT2D eigenvalue weighted by atomic mass is 16.5. The summed E-state index contributed by atoms with van der Waals surface area (Å²) in [4.78, 5) is 16.7. The molecule has 0 radical (unpaired) electrons. The van der Waals surface area contributed by atoms with E-state index in [1.54, 1.807) is 20.3 Å². The second-order valence-electron chi connectivity index (χ2n) is 8.23. The SMILES string of the molecule is COc1cccc(C2CN(Cc3ccco3)CC2CN(CC(C)C)C(C)=O)c1. The van der Waals surface area contributed by atoms with Crippen molar-refractivity contribution < 1.29 is 13.9 Å². The number of nitrogens with zero attached hydrogens (tertiary/aromatic N) is 2. The topological polar surface area (TPSA) is 45.9 Å². The first kappa shape index (κ1) is 20.5. The highest BCUT2D eigenvalue weighted by Crippen LogP contribution is 2.35. The van der Waals surface area contributed by atoms with Crippen molar-refractivity contribution in [1.29, 1.82) is 0 Å². The van der Waals surface area contributed by atoms with Crippen molar-refractivity contribution >= 4 is 5.91 Å². The lowest BCUT2D eigenvalue weighted by Gasteiger charge is -2.29. The van der Waals surface area contributed by atoms with Gasteiger partial charge in [0.1, 0.15) is 11.5 Å². The van der Waals surface area contributed by atoms with Crippen LogP contribution >= 0.6 is 0 Å². The van der Waals surface area contributed by atoms with Crippen molar-refractivity contribution in [2.24, 2.45) is 11.8 Å². The van der Waals surface area contributed by atoms with Gasteiger partial charge in [0.2, 0.25) is 5.91 Å². The lowest BCUT2D eigenvalue weighted by atomic mass is 9.88. The van der Waals surface area contributed by atoms with Gasteiger partial charge in [-0.3, -0.25) is 9.69 Å². The standard InChI is InChI=1S/C23H32N2O3/c1-17(2)12-25(18(3)26)14-20-13-24(15-22-9-6-10-28-22)16-23(20)19-7-5-8-21(11-19)27-4/h5-11,17,20,23H,12-16H2,1-4H3. The number of hydrogen-bond donors (Lipinski definition) is 0. The Morgan fingerprint density at radius 2 is 2.11 bits per heavy atom. The zero-order valence-corrected chi connectivity index (χ0v) is 17.4. The summed E-state index contributed by atoms with van der Waals surface area (Å²) in [7, 11) is 1.70. The molecule has 1 aliphatic rings. The third-order valence-corrected chi connectivity index (χ3v) is 5.48. The molecular weight excluding hydrogens is 352 g/mol.